The molecule has 0 aliphatic carbocycles. The Labute approximate surface area is 104 Å². The number of methoxy groups -OCH3 is 2. The molecule has 0 atom stereocenters. The fourth-order valence-electron chi connectivity index (χ4n) is 1.64. The number of carbonyl (C=O) groups is 1. The Hall–Kier alpha value is -2.43. The van der Waals surface area contributed by atoms with Gasteiger partial charge in [0, 0.05) is 5.56 Å². The lowest BCUT2D eigenvalue weighted by Crippen LogP contribution is -2.07. The molecule has 0 fully saturated rings. The monoisotopic (exact) mass is 244 g/mol. The summed E-state index contributed by atoms with van der Waals surface area (Å²) in [6, 6.07) is 6.79. The number of benzene rings is 1. The predicted molar refractivity (Wildman–Crippen MR) is 65.0 cm³/mol. The number of nitrogens with zero attached hydrogens (tertiary/aromatic N) is 2. The van der Waals surface area contributed by atoms with Crippen molar-refractivity contribution in [1.29, 1.82) is 0 Å². The number of ketones is 1. The standard InChI is InChI=1S/C13H12N2O3/c1-17-10-4-3-5-11(18-2)12(10)13(16)9-6-7-14-15-8-9/h3-8H,1-2H3. The Morgan fingerprint density at radius 1 is 1.06 bits per heavy atom. The van der Waals surface area contributed by atoms with Gasteiger partial charge in [-0.05, 0) is 18.2 Å². The molecule has 0 aliphatic rings. The first-order valence-electron chi connectivity index (χ1n) is 5.30. The third kappa shape index (κ3) is 2.15. The molecule has 0 N–H and O–H groups in total. The van der Waals surface area contributed by atoms with E-state index in [4.69, 9.17) is 9.47 Å². The van der Waals surface area contributed by atoms with Crippen molar-refractivity contribution < 1.29 is 14.3 Å². The zero-order valence-corrected chi connectivity index (χ0v) is 10.1. The molecule has 0 aliphatic heterocycles. The van der Waals surface area contributed by atoms with Gasteiger partial charge in [-0.1, -0.05) is 6.07 Å². The summed E-state index contributed by atoms with van der Waals surface area (Å²) in [6.07, 6.45) is 2.88. The van der Waals surface area contributed by atoms with Crippen LogP contribution in [-0.4, -0.2) is 30.2 Å². The van der Waals surface area contributed by atoms with E-state index in [2.05, 4.69) is 10.2 Å². The maximum Gasteiger partial charge on any atom is 0.202 e. The molecule has 92 valence electrons. The van der Waals surface area contributed by atoms with Crippen LogP contribution in [-0.2, 0) is 0 Å². The van der Waals surface area contributed by atoms with Crippen molar-refractivity contribution >= 4 is 5.78 Å². The van der Waals surface area contributed by atoms with Crippen LogP contribution in [0.5, 0.6) is 11.5 Å². The van der Waals surface area contributed by atoms with Crippen LogP contribution < -0.4 is 9.47 Å². The Bertz CT molecular complexity index is 533. The van der Waals surface area contributed by atoms with Crippen molar-refractivity contribution in [3.63, 3.8) is 0 Å². The normalized spacial score (nSPS) is 9.89. The molecule has 0 radical (unpaired) electrons. The Morgan fingerprint density at radius 2 is 1.72 bits per heavy atom. The number of ether oxygens (including phenoxy) is 2. The van der Waals surface area contributed by atoms with Crippen LogP contribution in [0.15, 0.2) is 36.7 Å². The van der Waals surface area contributed by atoms with E-state index >= 15 is 0 Å². The molecule has 2 aromatic rings. The minimum atomic E-state index is -0.209. The van der Waals surface area contributed by atoms with Gasteiger partial charge in [0.2, 0.25) is 5.78 Å². The van der Waals surface area contributed by atoms with Gasteiger partial charge >= 0.3 is 0 Å². The van der Waals surface area contributed by atoms with Crippen molar-refractivity contribution in [1.82, 2.24) is 10.2 Å². The van der Waals surface area contributed by atoms with Crippen LogP contribution in [0.4, 0.5) is 0 Å². The zero-order valence-electron chi connectivity index (χ0n) is 10.1. The van der Waals surface area contributed by atoms with Crippen molar-refractivity contribution in [3.05, 3.63) is 47.8 Å². The fraction of sp³-hybridized carbons (Fsp3) is 0.154. The smallest absolute Gasteiger partial charge is 0.202 e. The second kappa shape index (κ2) is 5.27. The molecule has 0 saturated heterocycles. The number of aromatic nitrogens is 2. The molecular weight excluding hydrogens is 232 g/mol. The minimum Gasteiger partial charge on any atom is -0.496 e. The Morgan fingerprint density at radius 3 is 2.22 bits per heavy atom. The SMILES string of the molecule is COc1cccc(OC)c1C(=O)c1ccnnc1. The second-order valence-electron chi connectivity index (χ2n) is 3.50. The van der Waals surface area contributed by atoms with Crippen LogP contribution in [0, 0.1) is 0 Å². The lowest BCUT2D eigenvalue weighted by Gasteiger charge is -2.11. The van der Waals surface area contributed by atoms with E-state index in [1.807, 2.05) is 0 Å². The number of carbonyl (C=O) groups excluding carboxylic acids is 1. The molecule has 0 saturated carbocycles. The molecule has 5 heteroatoms. The predicted octanol–water partition coefficient (Wildman–Crippen LogP) is 1.72. The molecule has 0 amide bonds. The highest BCUT2D eigenvalue weighted by molar-refractivity contribution is 6.12. The van der Waals surface area contributed by atoms with Gasteiger partial charge in [-0.25, -0.2) is 0 Å². The van der Waals surface area contributed by atoms with E-state index < -0.39 is 0 Å². The molecule has 1 aromatic heterocycles. The highest BCUT2D eigenvalue weighted by atomic mass is 16.5. The van der Waals surface area contributed by atoms with Crippen LogP contribution in [0.25, 0.3) is 0 Å². The number of rotatable bonds is 4. The number of hydrogen-bond donors (Lipinski definition) is 0. The summed E-state index contributed by atoms with van der Waals surface area (Å²) in [5, 5.41) is 7.33. The highest BCUT2D eigenvalue weighted by Gasteiger charge is 2.19. The minimum absolute atomic E-state index is 0.209. The average Bonchev–Trinajstić information content (AvgIpc) is 2.46. The maximum absolute atomic E-state index is 12.4. The largest absolute Gasteiger partial charge is 0.496 e. The summed E-state index contributed by atoms with van der Waals surface area (Å²) < 4.78 is 10.4. The van der Waals surface area contributed by atoms with Gasteiger partial charge in [0.15, 0.2) is 0 Å². The van der Waals surface area contributed by atoms with E-state index in [0.717, 1.165) is 0 Å². The lowest BCUT2D eigenvalue weighted by atomic mass is 10.0. The van der Waals surface area contributed by atoms with Crippen LogP contribution in [0.1, 0.15) is 15.9 Å². The fourth-order valence-corrected chi connectivity index (χ4v) is 1.64. The summed E-state index contributed by atoms with van der Waals surface area (Å²) in [5.74, 6) is 0.728. The Balaban J connectivity index is 2.53. The Kier molecular flexibility index (Phi) is 3.52. The summed E-state index contributed by atoms with van der Waals surface area (Å²) in [6.45, 7) is 0. The van der Waals surface area contributed by atoms with Crippen molar-refractivity contribution in [3.8, 4) is 11.5 Å². The van der Waals surface area contributed by atoms with Crippen LogP contribution >= 0.6 is 0 Å². The summed E-state index contributed by atoms with van der Waals surface area (Å²) in [7, 11) is 3.02. The molecule has 0 spiro atoms. The van der Waals surface area contributed by atoms with E-state index in [9.17, 15) is 4.79 Å². The summed E-state index contributed by atoms with van der Waals surface area (Å²) in [4.78, 5) is 12.4. The van der Waals surface area contributed by atoms with Gasteiger partial charge in [-0.2, -0.15) is 10.2 Å². The zero-order chi connectivity index (χ0) is 13.0. The van der Waals surface area contributed by atoms with E-state index in [-0.39, 0.29) is 5.78 Å². The van der Waals surface area contributed by atoms with Gasteiger partial charge in [0.05, 0.1) is 26.6 Å². The van der Waals surface area contributed by atoms with Crippen molar-refractivity contribution in [2.75, 3.05) is 14.2 Å². The molecule has 1 aromatic carbocycles. The summed E-state index contributed by atoms with van der Waals surface area (Å²) in [5.41, 5.74) is 0.823. The molecule has 5 nitrogen and oxygen atoms in total. The first kappa shape index (κ1) is 12.0. The average molecular weight is 244 g/mol. The molecule has 2 rings (SSSR count). The molecule has 1 heterocycles. The van der Waals surface area contributed by atoms with Gasteiger partial charge in [0.1, 0.15) is 17.1 Å². The first-order valence-corrected chi connectivity index (χ1v) is 5.30. The molecular formula is C13H12N2O3. The summed E-state index contributed by atoms with van der Waals surface area (Å²) >= 11 is 0. The molecule has 0 bridgehead atoms. The van der Waals surface area contributed by atoms with Crippen molar-refractivity contribution in [2.45, 2.75) is 0 Å². The highest BCUT2D eigenvalue weighted by Crippen LogP contribution is 2.30. The van der Waals surface area contributed by atoms with Gasteiger partial charge in [-0.3, -0.25) is 4.79 Å². The van der Waals surface area contributed by atoms with E-state index in [1.165, 1.54) is 26.6 Å². The number of hydrogen-bond acceptors (Lipinski definition) is 5. The second-order valence-corrected chi connectivity index (χ2v) is 3.50. The van der Waals surface area contributed by atoms with Gasteiger partial charge in [-0.15, -0.1) is 0 Å². The third-order valence-electron chi connectivity index (χ3n) is 2.50. The maximum atomic E-state index is 12.4. The molecule has 18 heavy (non-hydrogen) atoms. The first-order chi connectivity index (χ1) is 8.77. The van der Waals surface area contributed by atoms with Crippen LogP contribution in [0.2, 0.25) is 0 Å². The van der Waals surface area contributed by atoms with E-state index in [1.54, 1.807) is 24.3 Å². The quantitative estimate of drug-likeness (QED) is 0.766. The van der Waals surface area contributed by atoms with Crippen molar-refractivity contribution in [2.24, 2.45) is 0 Å². The topological polar surface area (TPSA) is 61.3 Å². The van der Waals surface area contributed by atoms with Crippen LogP contribution in [0.3, 0.4) is 0 Å². The third-order valence-corrected chi connectivity index (χ3v) is 2.50. The van der Waals surface area contributed by atoms with E-state index in [0.29, 0.717) is 22.6 Å². The lowest BCUT2D eigenvalue weighted by molar-refractivity contribution is 0.103. The molecule has 0 unspecified atom stereocenters. The van der Waals surface area contributed by atoms with Gasteiger partial charge < -0.3 is 9.47 Å². The van der Waals surface area contributed by atoms with Gasteiger partial charge in [0.25, 0.3) is 0 Å².